The van der Waals surface area contributed by atoms with Gasteiger partial charge in [-0.2, -0.15) is 26.3 Å². The second-order valence-corrected chi connectivity index (χ2v) is 4.88. The van der Waals surface area contributed by atoms with E-state index in [0.29, 0.717) is 6.07 Å². The summed E-state index contributed by atoms with van der Waals surface area (Å²) >= 11 is 0. The molecule has 1 amide bonds. The Morgan fingerprint density at radius 3 is 2.39 bits per heavy atom. The molecule has 0 aliphatic heterocycles. The first-order valence-electron chi connectivity index (χ1n) is 6.30. The molecule has 0 saturated carbocycles. The molecular weight excluding hydrogens is 330 g/mol. The highest BCUT2D eigenvalue weighted by Crippen LogP contribution is 2.30. The summed E-state index contributed by atoms with van der Waals surface area (Å²) < 4.78 is 74.0. The highest BCUT2D eigenvalue weighted by Gasteiger charge is 2.38. The zero-order valence-corrected chi connectivity index (χ0v) is 11.9. The maximum absolute atomic E-state index is 12.5. The number of amides is 1. The Hall–Kier alpha value is -1.81. The summed E-state index contributed by atoms with van der Waals surface area (Å²) in [7, 11) is 1.17. The minimum absolute atomic E-state index is 0.130. The fraction of sp³-hybridized carbons (Fsp3) is 0.462. The van der Waals surface area contributed by atoms with Gasteiger partial charge in [0.25, 0.3) is 0 Å². The summed E-state index contributed by atoms with van der Waals surface area (Å²) in [5.41, 5.74) is -1.09. The smallest absolute Gasteiger partial charge is 0.382 e. The third-order valence-corrected chi connectivity index (χ3v) is 2.75. The van der Waals surface area contributed by atoms with Crippen molar-refractivity contribution in [3.63, 3.8) is 0 Å². The Morgan fingerprint density at radius 1 is 1.26 bits per heavy atom. The van der Waals surface area contributed by atoms with Gasteiger partial charge in [-0.15, -0.1) is 0 Å². The molecule has 1 atom stereocenters. The summed E-state index contributed by atoms with van der Waals surface area (Å²) in [6.07, 6.45) is -12.0. The molecular formula is C13H14F6N2O2. The van der Waals surface area contributed by atoms with Crippen LogP contribution in [0.2, 0.25) is 0 Å². The fourth-order valence-electron chi connectivity index (χ4n) is 1.68. The van der Waals surface area contributed by atoms with Crippen molar-refractivity contribution in [2.45, 2.75) is 18.5 Å². The van der Waals surface area contributed by atoms with Gasteiger partial charge in [-0.05, 0) is 25.2 Å². The molecule has 0 aliphatic rings. The number of hydrogen-bond acceptors (Lipinski definition) is 3. The molecule has 0 fully saturated rings. The molecule has 0 saturated heterocycles. The van der Waals surface area contributed by atoms with Crippen molar-refractivity contribution in [1.29, 1.82) is 0 Å². The molecule has 1 aromatic rings. The predicted molar refractivity (Wildman–Crippen MR) is 69.6 cm³/mol. The van der Waals surface area contributed by atoms with Crippen LogP contribution in [0, 0.1) is 0 Å². The lowest BCUT2D eigenvalue weighted by atomic mass is 10.2. The number of alkyl halides is 6. The van der Waals surface area contributed by atoms with E-state index in [1.807, 2.05) is 0 Å². The van der Waals surface area contributed by atoms with Crippen molar-refractivity contribution in [2.24, 2.45) is 0 Å². The Bertz CT molecular complexity index is 544. The topological polar surface area (TPSA) is 52.6 Å². The van der Waals surface area contributed by atoms with Crippen LogP contribution in [0.25, 0.3) is 0 Å². The van der Waals surface area contributed by atoms with E-state index in [0.717, 1.165) is 17.0 Å². The van der Waals surface area contributed by atoms with Crippen molar-refractivity contribution < 1.29 is 36.2 Å². The van der Waals surface area contributed by atoms with Gasteiger partial charge < -0.3 is 10.4 Å². The van der Waals surface area contributed by atoms with Gasteiger partial charge in [0.05, 0.1) is 12.1 Å². The van der Waals surface area contributed by atoms with Crippen LogP contribution in [0.15, 0.2) is 24.3 Å². The largest absolute Gasteiger partial charge is 0.416 e. The van der Waals surface area contributed by atoms with Crippen LogP contribution >= 0.6 is 0 Å². The molecule has 1 rings (SSSR count). The van der Waals surface area contributed by atoms with Gasteiger partial charge in [0.15, 0.2) is 6.10 Å². The normalized spacial score (nSPS) is 14.0. The van der Waals surface area contributed by atoms with Crippen LogP contribution < -0.4 is 5.32 Å². The van der Waals surface area contributed by atoms with E-state index in [1.54, 1.807) is 0 Å². The van der Waals surface area contributed by atoms with Crippen molar-refractivity contribution in [3.8, 4) is 0 Å². The number of hydrogen-bond donors (Lipinski definition) is 2. The second kappa shape index (κ2) is 7.18. The first-order chi connectivity index (χ1) is 10.4. The van der Waals surface area contributed by atoms with Gasteiger partial charge in [-0.25, -0.2) is 0 Å². The number of nitrogens with zero attached hydrogens (tertiary/aromatic N) is 1. The van der Waals surface area contributed by atoms with Crippen LogP contribution in [0.4, 0.5) is 32.0 Å². The van der Waals surface area contributed by atoms with Crippen LogP contribution in [0.3, 0.4) is 0 Å². The van der Waals surface area contributed by atoms with Gasteiger partial charge in [-0.1, -0.05) is 6.07 Å². The molecule has 130 valence electrons. The van der Waals surface area contributed by atoms with Gasteiger partial charge in [-0.3, -0.25) is 9.69 Å². The SMILES string of the molecule is CN(CC(=O)Nc1cccc(C(F)(F)F)c1)CC(O)C(F)(F)F. The number of carbonyl (C=O) groups excluding carboxylic acids is 1. The standard InChI is InChI=1S/C13H14F6N2O2/c1-21(6-10(22)13(17,18)19)7-11(23)20-9-4-2-3-8(5-9)12(14,15)16/h2-5,10,22H,6-7H2,1H3,(H,20,23). The lowest BCUT2D eigenvalue weighted by Gasteiger charge is -2.21. The molecule has 10 heteroatoms. The highest BCUT2D eigenvalue weighted by atomic mass is 19.4. The first-order valence-corrected chi connectivity index (χ1v) is 6.30. The van der Waals surface area contributed by atoms with Crippen molar-refractivity contribution in [1.82, 2.24) is 4.90 Å². The highest BCUT2D eigenvalue weighted by molar-refractivity contribution is 5.92. The van der Waals surface area contributed by atoms with E-state index in [1.165, 1.54) is 13.1 Å². The molecule has 4 nitrogen and oxygen atoms in total. The van der Waals surface area contributed by atoms with E-state index in [2.05, 4.69) is 5.32 Å². The lowest BCUT2D eigenvalue weighted by Crippen LogP contribution is -2.42. The van der Waals surface area contributed by atoms with E-state index in [-0.39, 0.29) is 5.69 Å². The number of halogens is 6. The molecule has 1 unspecified atom stereocenters. The number of nitrogens with one attached hydrogen (secondary N) is 1. The number of likely N-dealkylation sites (N-methyl/N-ethyl adjacent to an activating group) is 1. The molecule has 0 spiro atoms. The Kier molecular flexibility index (Phi) is 6.00. The Balaban J connectivity index is 2.60. The molecule has 0 aromatic heterocycles. The molecule has 0 aliphatic carbocycles. The van der Waals surface area contributed by atoms with Crippen LogP contribution in [0.5, 0.6) is 0 Å². The van der Waals surface area contributed by atoms with Gasteiger partial charge in [0.2, 0.25) is 5.91 Å². The monoisotopic (exact) mass is 344 g/mol. The molecule has 23 heavy (non-hydrogen) atoms. The fourth-order valence-corrected chi connectivity index (χ4v) is 1.68. The minimum atomic E-state index is -4.81. The molecule has 1 aromatic carbocycles. The predicted octanol–water partition coefficient (Wildman–Crippen LogP) is 2.50. The van der Waals surface area contributed by atoms with Crippen molar-refractivity contribution in [3.05, 3.63) is 29.8 Å². The first kappa shape index (κ1) is 19.2. The number of carbonyl (C=O) groups is 1. The molecule has 0 bridgehead atoms. The summed E-state index contributed by atoms with van der Waals surface area (Å²) in [6.45, 7) is -1.36. The quantitative estimate of drug-likeness (QED) is 0.807. The Morgan fingerprint density at radius 2 is 1.87 bits per heavy atom. The van der Waals surface area contributed by atoms with Gasteiger partial charge in [0.1, 0.15) is 0 Å². The zero-order valence-electron chi connectivity index (χ0n) is 11.9. The summed E-state index contributed by atoms with van der Waals surface area (Å²) in [5, 5.41) is 11.0. The van der Waals surface area contributed by atoms with E-state index in [9.17, 15) is 31.1 Å². The number of rotatable bonds is 5. The van der Waals surface area contributed by atoms with Crippen LogP contribution in [-0.4, -0.2) is 48.3 Å². The van der Waals surface area contributed by atoms with Crippen molar-refractivity contribution in [2.75, 3.05) is 25.5 Å². The van der Waals surface area contributed by atoms with Crippen molar-refractivity contribution >= 4 is 11.6 Å². The van der Waals surface area contributed by atoms with E-state index in [4.69, 9.17) is 5.11 Å². The summed E-state index contributed by atoms with van der Waals surface area (Å²) in [6, 6.07) is 3.84. The molecule has 2 N–H and O–H groups in total. The lowest BCUT2D eigenvalue weighted by molar-refractivity contribution is -0.207. The average Bonchev–Trinajstić information content (AvgIpc) is 2.36. The number of anilines is 1. The maximum atomic E-state index is 12.5. The zero-order chi connectivity index (χ0) is 17.8. The summed E-state index contributed by atoms with van der Waals surface area (Å²) in [5.74, 6) is -0.804. The number of aliphatic hydroxyl groups is 1. The van der Waals surface area contributed by atoms with E-state index < -0.39 is 43.0 Å². The van der Waals surface area contributed by atoms with Gasteiger partial charge in [0, 0.05) is 12.2 Å². The minimum Gasteiger partial charge on any atom is -0.382 e. The average molecular weight is 344 g/mol. The maximum Gasteiger partial charge on any atom is 0.416 e. The number of benzene rings is 1. The van der Waals surface area contributed by atoms with E-state index >= 15 is 0 Å². The van der Waals surface area contributed by atoms with Crippen LogP contribution in [-0.2, 0) is 11.0 Å². The third-order valence-electron chi connectivity index (χ3n) is 2.75. The summed E-state index contributed by atoms with van der Waals surface area (Å²) in [4.78, 5) is 12.5. The molecule has 0 radical (unpaired) electrons. The molecule has 0 heterocycles. The Labute approximate surface area is 127 Å². The number of aliphatic hydroxyl groups excluding tert-OH is 1. The second-order valence-electron chi connectivity index (χ2n) is 4.88. The van der Waals surface area contributed by atoms with Gasteiger partial charge >= 0.3 is 12.4 Å². The third kappa shape index (κ3) is 6.45. The van der Waals surface area contributed by atoms with Crippen LogP contribution in [0.1, 0.15) is 5.56 Å².